The minimum atomic E-state index is -0.637. The largest absolute Gasteiger partial charge is 0.433 e. The highest BCUT2D eigenvalue weighted by molar-refractivity contribution is 5.91. The number of hydrogen-bond acceptors (Lipinski definition) is 4. The Hall–Kier alpha value is -2.63. The van der Waals surface area contributed by atoms with Crippen LogP contribution in [0.1, 0.15) is 47.7 Å². The third-order valence-corrected chi connectivity index (χ3v) is 4.82. The van der Waals surface area contributed by atoms with Crippen molar-refractivity contribution in [2.45, 2.75) is 37.6 Å². The highest BCUT2D eigenvalue weighted by atomic mass is 16.6. The summed E-state index contributed by atoms with van der Waals surface area (Å²) in [5.41, 5.74) is 1.35. The van der Waals surface area contributed by atoms with Gasteiger partial charge in [0, 0.05) is 13.1 Å². The van der Waals surface area contributed by atoms with Crippen LogP contribution >= 0.6 is 0 Å². The van der Waals surface area contributed by atoms with E-state index in [0.717, 1.165) is 25.7 Å². The van der Waals surface area contributed by atoms with Crippen molar-refractivity contribution in [2.75, 3.05) is 7.05 Å². The van der Waals surface area contributed by atoms with Crippen LogP contribution in [0, 0.1) is 10.1 Å². The predicted molar refractivity (Wildman–Crippen MR) is 88.9 cm³/mol. The zero-order valence-corrected chi connectivity index (χ0v) is 13.6. The molecule has 1 heterocycles. The number of rotatable bonds is 4. The molecule has 0 bridgehead atoms. The Bertz CT molecular complexity index is 718. The van der Waals surface area contributed by atoms with Gasteiger partial charge in [-0.15, -0.1) is 0 Å². The van der Waals surface area contributed by atoms with Crippen LogP contribution in [-0.2, 0) is 0 Å². The van der Waals surface area contributed by atoms with E-state index in [0.29, 0.717) is 5.92 Å². The lowest BCUT2D eigenvalue weighted by Crippen LogP contribution is -2.39. The summed E-state index contributed by atoms with van der Waals surface area (Å²) in [6.07, 6.45) is 3.91. The summed E-state index contributed by atoms with van der Waals surface area (Å²) in [6.45, 7) is 0. The van der Waals surface area contributed by atoms with Gasteiger partial charge in [0.15, 0.2) is 5.76 Å². The van der Waals surface area contributed by atoms with Gasteiger partial charge in [-0.3, -0.25) is 14.9 Å². The third kappa shape index (κ3) is 3.32. The second kappa shape index (κ2) is 6.86. The molecule has 0 spiro atoms. The molecule has 2 aromatic rings. The van der Waals surface area contributed by atoms with Crippen LogP contribution in [0.3, 0.4) is 0 Å². The molecular weight excluding hydrogens is 308 g/mol. The van der Waals surface area contributed by atoms with E-state index in [1.165, 1.54) is 17.7 Å². The smallest absolute Gasteiger partial charge is 0.395 e. The van der Waals surface area contributed by atoms with E-state index in [9.17, 15) is 14.9 Å². The standard InChI is InChI=1S/C18H20N2O4/c1-19(18(21)16-11-12-17(24-16)20(22)23)15-9-7-14(8-10-15)13-5-3-2-4-6-13/h2-6,11-12,14-15H,7-10H2,1H3. The van der Waals surface area contributed by atoms with E-state index < -0.39 is 10.8 Å². The summed E-state index contributed by atoms with van der Waals surface area (Å²) in [4.78, 5) is 24.1. The van der Waals surface area contributed by atoms with Crippen LogP contribution in [0.25, 0.3) is 0 Å². The first-order valence-electron chi connectivity index (χ1n) is 8.12. The van der Waals surface area contributed by atoms with E-state index in [4.69, 9.17) is 4.42 Å². The lowest BCUT2D eigenvalue weighted by atomic mass is 9.81. The molecule has 0 saturated heterocycles. The van der Waals surface area contributed by atoms with Crippen molar-refractivity contribution >= 4 is 11.8 Å². The summed E-state index contributed by atoms with van der Waals surface area (Å²) in [5.74, 6) is -0.143. The molecule has 1 aromatic carbocycles. The third-order valence-electron chi connectivity index (χ3n) is 4.82. The molecule has 1 amide bonds. The Labute approximate surface area is 140 Å². The number of nitro groups is 1. The first-order valence-corrected chi connectivity index (χ1v) is 8.12. The molecule has 1 aliphatic carbocycles. The topological polar surface area (TPSA) is 76.6 Å². The van der Waals surface area contributed by atoms with E-state index in [2.05, 4.69) is 24.3 Å². The van der Waals surface area contributed by atoms with Gasteiger partial charge in [-0.2, -0.15) is 0 Å². The number of furan rings is 1. The Morgan fingerprint density at radius 1 is 1.12 bits per heavy atom. The molecule has 0 radical (unpaired) electrons. The van der Waals surface area contributed by atoms with E-state index in [1.54, 1.807) is 11.9 Å². The lowest BCUT2D eigenvalue weighted by Gasteiger charge is -2.34. The van der Waals surface area contributed by atoms with Gasteiger partial charge in [0.05, 0.1) is 6.07 Å². The highest BCUT2D eigenvalue weighted by Crippen LogP contribution is 2.34. The van der Waals surface area contributed by atoms with Crippen molar-refractivity contribution in [2.24, 2.45) is 0 Å². The number of carbonyl (C=O) groups excluding carboxylic acids is 1. The van der Waals surface area contributed by atoms with Crippen molar-refractivity contribution in [3.63, 3.8) is 0 Å². The fourth-order valence-electron chi connectivity index (χ4n) is 3.40. The Balaban J connectivity index is 1.61. The second-order valence-corrected chi connectivity index (χ2v) is 6.23. The number of hydrogen-bond donors (Lipinski definition) is 0. The van der Waals surface area contributed by atoms with Crippen molar-refractivity contribution in [3.8, 4) is 0 Å². The molecule has 6 nitrogen and oxygen atoms in total. The average Bonchev–Trinajstić information content (AvgIpc) is 3.12. The molecule has 0 atom stereocenters. The van der Waals surface area contributed by atoms with Gasteiger partial charge < -0.3 is 9.32 Å². The zero-order valence-electron chi connectivity index (χ0n) is 13.6. The summed E-state index contributed by atoms with van der Waals surface area (Å²) < 4.78 is 5.02. The fraction of sp³-hybridized carbons (Fsp3) is 0.389. The van der Waals surface area contributed by atoms with Gasteiger partial charge in [-0.05, 0) is 43.2 Å². The molecule has 6 heteroatoms. The van der Waals surface area contributed by atoms with Gasteiger partial charge in [0.1, 0.15) is 4.92 Å². The van der Waals surface area contributed by atoms with E-state index in [-0.39, 0.29) is 17.7 Å². The van der Waals surface area contributed by atoms with Gasteiger partial charge in [-0.25, -0.2) is 0 Å². The van der Waals surface area contributed by atoms with Crippen molar-refractivity contribution in [3.05, 3.63) is 63.9 Å². The zero-order chi connectivity index (χ0) is 17.1. The highest BCUT2D eigenvalue weighted by Gasteiger charge is 2.29. The lowest BCUT2D eigenvalue weighted by molar-refractivity contribution is -0.402. The average molecular weight is 328 g/mol. The summed E-state index contributed by atoms with van der Waals surface area (Å²) in [5, 5.41) is 10.7. The van der Waals surface area contributed by atoms with Crippen LogP contribution < -0.4 is 0 Å². The molecular formula is C18H20N2O4. The van der Waals surface area contributed by atoms with Gasteiger partial charge in [0.2, 0.25) is 0 Å². The summed E-state index contributed by atoms with van der Waals surface area (Å²) in [6, 6.07) is 13.2. The predicted octanol–water partition coefficient (Wildman–Crippen LogP) is 3.99. The van der Waals surface area contributed by atoms with Crippen LogP contribution in [0.5, 0.6) is 0 Å². The minimum absolute atomic E-state index is 0.0226. The van der Waals surface area contributed by atoms with Crippen molar-refractivity contribution in [1.82, 2.24) is 4.90 Å². The molecule has 126 valence electrons. The van der Waals surface area contributed by atoms with Gasteiger partial charge in [-0.1, -0.05) is 30.3 Å². The van der Waals surface area contributed by atoms with Crippen LogP contribution in [-0.4, -0.2) is 28.8 Å². The minimum Gasteiger partial charge on any atom is -0.395 e. The Morgan fingerprint density at radius 2 is 1.79 bits per heavy atom. The molecule has 0 aliphatic heterocycles. The van der Waals surface area contributed by atoms with Crippen molar-refractivity contribution < 1.29 is 14.1 Å². The number of carbonyl (C=O) groups is 1. The Morgan fingerprint density at radius 3 is 2.38 bits per heavy atom. The first kappa shape index (κ1) is 16.2. The second-order valence-electron chi connectivity index (χ2n) is 6.23. The molecule has 0 N–H and O–H groups in total. The normalized spacial score (nSPS) is 20.5. The van der Waals surface area contributed by atoms with Crippen LogP contribution in [0.15, 0.2) is 46.9 Å². The molecule has 1 fully saturated rings. The molecule has 24 heavy (non-hydrogen) atoms. The SMILES string of the molecule is CN(C(=O)c1ccc([N+](=O)[O-])o1)C1CCC(c2ccccc2)CC1. The van der Waals surface area contributed by atoms with Gasteiger partial charge >= 0.3 is 5.88 Å². The number of benzene rings is 1. The molecule has 1 saturated carbocycles. The van der Waals surface area contributed by atoms with E-state index >= 15 is 0 Å². The van der Waals surface area contributed by atoms with Gasteiger partial charge in [0.25, 0.3) is 5.91 Å². The maximum absolute atomic E-state index is 12.4. The summed E-state index contributed by atoms with van der Waals surface area (Å²) in [7, 11) is 1.74. The monoisotopic (exact) mass is 328 g/mol. The fourth-order valence-corrected chi connectivity index (χ4v) is 3.40. The molecule has 1 aliphatic rings. The summed E-state index contributed by atoms with van der Waals surface area (Å²) >= 11 is 0. The quantitative estimate of drug-likeness (QED) is 0.628. The molecule has 1 aromatic heterocycles. The van der Waals surface area contributed by atoms with Crippen LogP contribution in [0.2, 0.25) is 0 Å². The molecule has 3 rings (SSSR count). The van der Waals surface area contributed by atoms with Crippen LogP contribution in [0.4, 0.5) is 5.88 Å². The maximum atomic E-state index is 12.4. The maximum Gasteiger partial charge on any atom is 0.433 e. The number of nitrogens with zero attached hydrogens (tertiary/aromatic N) is 2. The first-order chi connectivity index (χ1) is 11.6. The molecule has 0 unspecified atom stereocenters. The Kier molecular flexibility index (Phi) is 4.64. The van der Waals surface area contributed by atoms with E-state index in [1.807, 2.05) is 6.07 Å². The number of amides is 1. The van der Waals surface area contributed by atoms with Crippen molar-refractivity contribution in [1.29, 1.82) is 0 Å².